The molecule has 0 fully saturated rings. The highest BCUT2D eigenvalue weighted by atomic mass is 35.5. The van der Waals surface area contributed by atoms with Crippen molar-refractivity contribution in [2.45, 2.75) is 13.0 Å². The van der Waals surface area contributed by atoms with Gasteiger partial charge in [0.2, 0.25) is 0 Å². The molecule has 0 radical (unpaired) electrons. The molecule has 0 unspecified atom stereocenters. The third-order valence-electron chi connectivity index (χ3n) is 4.03. The minimum Gasteiger partial charge on any atom is -0.327 e. The van der Waals surface area contributed by atoms with Crippen molar-refractivity contribution < 1.29 is 14.5 Å². The van der Waals surface area contributed by atoms with Crippen molar-refractivity contribution in [1.29, 1.82) is 0 Å². The van der Waals surface area contributed by atoms with E-state index in [-0.39, 0.29) is 5.69 Å². The van der Waals surface area contributed by atoms with Crippen LogP contribution in [0.4, 0.5) is 16.2 Å². The number of hydrogen-bond acceptors (Lipinski definition) is 4. The van der Waals surface area contributed by atoms with E-state index in [4.69, 9.17) is 11.6 Å². The molecule has 1 atom stereocenters. The number of nitro benzene ring substituents is 1. The zero-order valence-corrected chi connectivity index (χ0v) is 14.9. The summed E-state index contributed by atoms with van der Waals surface area (Å²) in [4.78, 5) is 34.9. The Morgan fingerprint density at radius 1 is 1.22 bits per heavy atom. The molecule has 1 aliphatic rings. The van der Waals surface area contributed by atoms with Crippen LogP contribution in [-0.4, -0.2) is 16.9 Å². The van der Waals surface area contributed by atoms with Gasteiger partial charge in [-0.25, -0.2) is 4.79 Å². The predicted molar refractivity (Wildman–Crippen MR) is 100 cm³/mol. The lowest BCUT2D eigenvalue weighted by molar-refractivity contribution is -0.384. The van der Waals surface area contributed by atoms with Crippen molar-refractivity contribution in [2.24, 2.45) is 0 Å². The van der Waals surface area contributed by atoms with Crippen LogP contribution in [0.1, 0.15) is 18.5 Å². The van der Waals surface area contributed by atoms with E-state index in [1.54, 1.807) is 31.2 Å². The van der Waals surface area contributed by atoms with Gasteiger partial charge in [-0.15, -0.1) is 0 Å². The number of amides is 3. The van der Waals surface area contributed by atoms with Crippen molar-refractivity contribution in [3.63, 3.8) is 0 Å². The first kappa shape index (κ1) is 18.4. The number of nitro groups is 1. The second-order valence-electron chi connectivity index (χ2n) is 5.88. The molecule has 27 heavy (non-hydrogen) atoms. The Labute approximate surface area is 159 Å². The summed E-state index contributed by atoms with van der Waals surface area (Å²) < 4.78 is 0. The number of nitrogens with one attached hydrogen (secondary N) is 3. The van der Waals surface area contributed by atoms with E-state index in [0.717, 1.165) is 0 Å². The van der Waals surface area contributed by atoms with Gasteiger partial charge in [-0.3, -0.25) is 14.9 Å². The van der Waals surface area contributed by atoms with Gasteiger partial charge in [0.15, 0.2) is 0 Å². The zero-order chi connectivity index (χ0) is 19.6. The maximum Gasteiger partial charge on any atom is 0.319 e. The fourth-order valence-electron chi connectivity index (χ4n) is 2.80. The SMILES string of the molecule is CC1=C(C(=O)Nc2ccc([N+](=O)[O-])cc2)[C@H](c2cccc(Cl)c2)NC(=O)N1. The summed E-state index contributed by atoms with van der Waals surface area (Å²) in [5.74, 6) is -0.446. The Hall–Kier alpha value is -3.39. The van der Waals surface area contributed by atoms with E-state index >= 15 is 0 Å². The van der Waals surface area contributed by atoms with Gasteiger partial charge in [-0.05, 0) is 36.8 Å². The summed E-state index contributed by atoms with van der Waals surface area (Å²) in [5, 5.41) is 19.2. The van der Waals surface area contributed by atoms with Crippen LogP contribution in [0.25, 0.3) is 0 Å². The zero-order valence-electron chi connectivity index (χ0n) is 14.2. The van der Waals surface area contributed by atoms with Crippen molar-refractivity contribution in [3.8, 4) is 0 Å². The monoisotopic (exact) mass is 386 g/mol. The number of hydrogen-bond donors (Lipinski definition) is 3. The highest BCUT2D eigenvalue weighted by Crippen LogP contribution is 2.29. The van der Waals surface area contributed by atoms with Gasteiger partial charge < -0.3 is 16.0 Å². The number of nitrogens with zero attached hydrogens (tertiary/aromatic N) is 1. The summed E-state index contributed by atoms with van der Waals surface area (Å²) in [5.41, 5.74) is 1.70. The molecule has 0 aliphatic carbocycles. The third kappa shape index (κ3) is 4.06. The van der Waals surface area contributed by atoms with E-state index in [1.165, 1.54) is 24.3 Å². The molecule has 0 saturated heterocycles. The van der Waals surface area contributed by atoms with Crippen LogP contribution >= 0.6 is 11.6 Å². The van der Waals surface area contributed by atoms with E-state index in [1.807, 2.05) is 0 Å². The van der Waals surface area contributed by atoms with E-state index in [2.05, 4.69) is 16.0 Å². The van der Waals surface area contributed by atoms with Crippen LogP contribution in [0.3, 0.4) is 0 Å². The average molecular weight is 387 g/mol. The highest BCUT2D eigenvalue weighted by molar-refractivity contribution is 6.30. The van der Waals surface area contributed by atoms with Crippen molar-refractivity contribution in [3.05, 3.63) is 80.5 Å². The fourth-order valence-corrected chi connectivity index (χ4v) is 2.99. The molecule has 2 aromatic rings. The Kier molecular flexibility index (Phi) is 5.09. The summed E-state index contributed by atoms with van der Waals surface area (Å²) in [6.45, 7) is 1.63. The molecule has 1 aliphatic heterocycles. The molecule has 3 rings (SSSR count). The molecule has 0 spiro atoms. The van der Waals surface area contributed by atoms with Crippen molar-refractivity contribution in [2.75, 3.05) is 5.32 Å². The molecule has 138 valence electrons. The second kappa shape index (κ2) is 7.46. The van der Waals surface area contributed by atoms with E-state index < -0.39 is 22.9 Å². The van der Waals surface area contributed by atoms with E-state index in [9.17, 15) is 19.7 Å². The van der Waals surface area contributed by atoms with Crippen LogP contribution in [0.2, 0.25) is 5.02 Å². The Morgan fingerprint density at radius 2 is 1.93 bits per heavy atom. The van der Waals surface area contributed by atoms with Gasteiger partial charge in [-0.1, -0.05) is 23.7 Å². The van der Waals surface area contributed by atoms with Gasteiger partial charge in [0.05, 0.1) is 16.5 Å². The summed E-state index contributed by atoms with van der Waals surface area (Å²) in [6.07, 6.45) is 0. The van der Waals surface area contributed by atoms with Crippen molar-refractivity contribution >= 4 is 34.9 Å². The molecule has 8 nitrogen and oxygen atoms in total. The molecule has 9 heteroatoms. The summed E-state index contributed by atoms with van der Waals surface area (Å²) in [7, 11) is 0. The van der Waals surface area contributed by atoms with Crippen LogP contribution in [0.15, 0.2) is 59.8 Å². The van der Waals surface area contributed by atoms with Gasteiger partial charge in [0.1, 0.15) is 0 Å². The molecular weight excluding hydrogens is 372 g/mol. The molecule has 2 aromatic carbocycles. The third-order valence-corrected chi connectivity index (χ3v) is 4.27. The molecule has 3 N–H and O–H groups in total. The maximum absolute atomic E-state index is 12.8. The average Bonchev–Trinajstić information content (AvgIpc) is 2.61. The molecular formula is C18H15ClN4O4. The first-order valence-electron chi connectivity index (χ1n) is 7.94. The van der Waals surface area contributed by atoms with Gasteiger partial charge in [0.25, 0.3) is 11.6 Å². The number of carbonyl (C=O) groups excluding carboxylic acids is 2. The molecule has 1 heterocycles. The molecule has 0 aromatic heterocycles. The fraction of sp³-hybridized carbons (Fsp3) is 0.111. The minimum absolute atomic E-state index is 0.0770. The standard InChI is InChI=1S/C18H15ClN4O4/c1-10-15(17(24)21-13-5-7-14(8-6-13)23(26)27)16(22-18(25)20-10)11-3-2-4-12(19)9-11/h2-9,16H,1H3,(H,21,24)(H2,20,22,25)/t16-/m0/s1. The Bertz CT molecular complexity index is 956. The predicted octanol–water partition coefficient (Wildman–Crippen LogP) is 3.51. The smallest absolute Gasteiger partial charge is 0.319 e. The number of benzene rings is 2. The number of carbonyl (C=O) groups is 2. The first-order chi connectivity index (χ1) is 12.8. The number of urea groups is 1. The topological polar surface area (TPSA) is 113 Å². The Balaban J connectivity index is 1.90. The normalized spacial score (nSPS) is 16.4. The lowest BCUT2D eigenvalue weighted by atomic mass is 9.95. The summed E-state index contributed by atoms with van der Waals surface area (Å²) >= 11 is 6.03. The number of halogens is 1. The largest absolute Gasteiger partial charge is 0.327 e. The number of allylic oxidation sites excluding steroid dienone is 1. The van der Waals surface area contributed by atoms with Gasteiger partial charge >= 0.3 is 6.03 Å². The first-order valence-corrected chi connectivity index (χ1v) is 8.32. The summed E-state index contributed by atoms with van der Waals surface area (Å²) in [6, 6.07) is 11.2. The minimum atomic E-state index is -0.685. The van der Waals surface area contributed by atoms with Crippen LogP contribution in [-0.2, 0) is 4.79 Å². The number of anilines is 1. The highest BCUT2D eigenvalue weighted by Gasteiger charge is 2.31. The second-order valence-corrected chi connectivity index (χ2v) is 6.32. The van der Waals surface area contributed by atoms with Crippen LogP contribution in [0.5, 0.6) is 0 Å². The van der Waals surface area contributed by atoms with Gasteiger partial charge in [0, 0.05) is 28.5 Å². The van der Waals surface area contributed by atoms with Crippen LogP contribution in [0, 0.1) is 10.1 Å². The Morgan fingerprint density at radius 3 is 2.56 bits per heavy atom. The lowest BCUT2D eigenvalue weighted by Crippen LogP contribution is -2.45. The molecule has 3 amide bonds. The number of non-ortho nitro benzene ring substituents is 1. The molecule has 0 saturated carbocycles. The lowest BCUT2D eigenvalue weighted by Gasteiger charge is -2.28. The quantitative estimate of drug-likeness (QED) is 0.551. The van der Waals surface area contributed by atoms with Crippen LogP contribution < -0.4 is 16.0 Å². The van der Waals surface area contributed by atoms with Crippen molar-refractivity contribution in [1.82, 2.24) is 10.6 Å². The molecule has 0 bridgehead atoms. The number of rotatable bonds is 4. The van der Waals surface area contributed by atoms with Gasteiger partial charge in [-0.2, -0.15) is 0 Å². The van der Waals surface area contributed by atoms with E-state index in [0.29, 0.717) is 27.5 Å². The maximum atomic E-state index is 12.8.